The van der Waals surface area contributed by atoms with Crippen LogP contribution in [0.15, 0.2) is 34.9 Å². The molecule has 0 saturated carbocycles. The second-order valence-electron chi connectivity index (χ2n) is 5.85. The second-order valence-corrected chi connectivity index (χ2v) is 5.85. The number of benzene rings is 1. The van der Waals surface area contributed by atoms with Gasteiger partial charge in [0, 0.05) is 32.5 Å². The van der Waals surface area contributed by atoms with E-state index in [9.17, 15) is 4.79 Å². The quantitative estimate of drug-likeness (QED) is 0.900. The monoisotopic (exact) mass is 330 g/mol. The molecule has 24 heavy (non-hydrogen) atoms. The number of ether oxygens (including phenoxy) is 1. The molecule has 0 aliphatic carbocycles. The van der Waals surface area contributed by atoms with Crippen molar-refractivity contribution < 1.29 is 14.1 Å². The van der Waals surface area contributed by atoms with Gasteiger partial charge in [0.1, 0.15) is 0 Å². The lowest BCUT2D eigenvalue weighted by Gasteiger charge is -2.33. The Morgan fingerprint density at radius 1 is 1.38 bits per heavy atom. The van der Waals surface area contributed by atoms with Crippen LogP contribution in [-0.4, -0.2) is 53.4 Å². The van der Waals surface area contributed by atoms with Gasteiger partial charge < -0.3 is 19.5 Å². The van der Waals surface area contributed by atoms with Gasteiger partial charge in [-0.2, -0.15) is 4.98 Å². The molecule has 1 fully saturated rings. The molecule has 2 amide bonds. The topological polar surface area (TPSA) is 80.5 Å². The van der Waals surface area contributed by atoms with Crippen LogP contribution in [0.3, 0.4) is 0 Å². The molecule has 1 N–H and O–H groups in total. The minimum absolute atomic E-state index is 0.0329. The van der Waals surface area contributed by atoms with E-state index in [-0.39, 0.29) is 12.1 Å². The van der Waals surface area contributed by atoms with Gasteiger partial charge in [0.05, 0.1) is 12.7 Å². The van der Waals surface area contributed by atoms with Gasteiger partial charge >= 0.3 is 6.03 Å². The number of aromatic nitrogens is 2. The molecule has 3 rings (SSSR count). The van der Waals surface area contributed by atoms with Crippen LogP contribution in [0, 0.1) is 6.92 Å². The van der Waals surface area contributed by atoms with Gasteiger partial charge in [-0.15, -0.1) is 0 Å². The molecule has 1 aromatic heterocycles. The number of urea groups is 1. The molecule has 1 aliphatic rings. The largest absolute Gasteiger partial charge is 0.374 e. The molecule has 2 aromatic rings. The summed E-state index contributed by atoms with van der Waals surface area (Å²) in [4.78, 5) is 18.2. The number of aryl methyl sites for hydroxylation is 1. The van der Waals surface area contributed by atoms with Crippen molar-refractivity contribution in [2.24, 2.45) is 0 Å². The highest BCUT2D eigenvalue weighted by Crippen LogP contribution is 2.11. The molecule has 1 atom stereocenters. The number of carbonyl (C=O) groups excluding carboxylic acids is 1. The molecule has 7 heteroatoms. The highest BCUT2D eigenvalue weighted by atomic mass is 16.5. The van der Waals surface area contributed by atoms with E-state index in [1.807, 2.05) is 18.2 Å². The molecule has 2 heterocycles. The van der Waals surface area contributed by atoms with Crippen molar-refractivity contribution in [1.29, 1.82) is 0 Å². The first kappa shape index (κ1) is 16.4. The van der Waals surface area contributed by atoms with Crippen LogP contribution < -0.4 is 5.32 Å². The maximum atomic E-state index is 12.3. The summed E-state index contributed by atoms with van der Waals surface area (Å²) in [7, 11) is 0. The molecule has 1 aliphatic heterocycles. The average molecular weight is 330 g/mol. The molecule has 0 spiro atoms. The smallest absolute Gasteiger partial charge is 0.317 e. The van der Waals surface area contributed by atoms with E-state index < -0.39 is 0 Å². The predicted octanol–water partition coefficient (Wildman–Crippen LogP) is 1.57. The number of hydrogen-bond acceptors (Lipinski definition) is 5. The summed E-state index contributed by atoms with van der Waals surface area (Å²) in [6.45, 7) is 4.01. The molecule has 0 radical (unpaired) electrons. The van der Waals surface area contributed by atoms with Crippen molar-refractivity contribution in [2.75, 3.05) is 26.2 Å². The highest BCUT2D eigenvalue weighted by molar-refractivity contribution is 5.74. The average Bonchev–Trinajstić information content (AvgIpc) is 3.01. The van der Waals surface area contributed by atoms with Crippen molar-refractivity contribution in [3.8, 4) is 0 Å². The van der Waals surface area contributed by atoms with Crippen molar-refractivity contribution in [3.05, 3.63) is 47.6 Å². The number of morpholine rings is 1. The SMILES string of the molecule is Cc1noc(CCNC(=O)N2CCOC(Cc3ccccc3)C2)n1. The van der Waals surface area contributed by atoms with E-state index in [0.29, 0.717) is 44.4 Å². The minimum atomic E-state index is -0.0763. The molecular formula is C17H22N4O3. The fourth-order valence-electron chi connectivity index (χ4n) is 2.73. The van der Waals surface area contributed by atoms with Crippen LogP contribution in [0.2, 0.25) is 0 Å². The summed E-state index contributed by atoms with van der Waals surface area (Å²) in [5, 5.41) is 6.63. The highest BCUT2D eigenvalue weighted by Gasteiger charge is 2.24. The van der Waals surface area contributed by atoms with Crippen molar-refractivity contribution >= 4 is 6.03 Å². The van der Waals surface area contributed by atoms with Gasteiger partial charge in [0.2, 0.25) is 5.89 Å². The summed E-state index contributed by atoms with van der Waals surface area (Å²) in [5.74, 6) is 1.14. The third-order valence-corrected chi connectivity index (χ3v) is 3.92. The minimum Gasteiger partial charge on any atom is -0.374 e. The molecule has 128 valence electrons. The molecule has 1 unspecified atom stereocenters. The van der Waals surface area contributed by atoms with Gasteiger partial charge in [-0.25, -0.2) is 4.79 Å². The Hall–Kier alpha value is -2.41. The number of amides is 2. The number of nitrogens with zero attached hydrogens (tertiary/aromatic N) is 3. The van der Waals surface area contributed by atoms with E-state index in [1.54, 1.807) is 11.8 Å². The standard InChI is InChI=1S/C17H22N4O3/c1-13-19-16(24-20-13)7-8-18-17(22)21-9-10-23-15(12-21)11-14-5-3-2-4-6-14/h2-6,15H,7-12H2,1H3,(H,18,22). The van der Waals surface area contributed by atoms with Crippen LogP contribution in [0.4, 0.5) is 4.79 Å². The summed E-state index contributed by atoms with van der Waals surface area (Å²) in [6, 6.07) is 10.1. The molecular weight excluding hydrogens is 308 g/mol. The maximum absolute atomic E-state index is 12.3. The van der Waals surface area contributed by atoms with Gasteiger partial charge in [0.25, 0.3) is 0 Å². The summed E-state index contributed by atoms with van der Waals surface area (Å²) < 4.78 is 10.8. The lowest BCUT2D eigenvalue weighted by atomic mass is 10.1. The molecule has 1 saturated heterocycles. The third kappa shape index (κ3) is 4.55. The van der Waals surface area contributed by atoms with Crippen LogP contribution in [0.1, 0.15) is 17.3 Å². The first-order chi connectivity index (χ1) is 11.7. The Kier molecular flexibility index (Phi) is 5.43. The molecule has 0 bridgehead atoms. The number of hydrogen-bond donors (Lipinski definition) is 1. The van der Waals surface area contributed by atoms with Gasteiger partial charge in [-0.05, 0) is 12.5 Å². The normalized spacial score (nSPS) is 17.7. The maximum Gasteiger partial charge on any atom is 0.317 e. The third-order valence-electron chi connectivity index (χ3n) is 3.92. The lowest BCUT2D eigenvalue weighted by molar-refractivity contribution is -0.0132. The number of nitrogens with one attached hydrogen (secondary N) is 1. The second kappa shape index (κ2) is 7.92. The first-order valence-electron chi connectivity index (χ1n) is 8.18. The Bertz CT molecular complexity index is 659. The Morgan fingerprint density at radius 3 is 2.96 bits per heavy atom. The molecule has 1 aromatic carbocycles. The zero-order valence-electron chi connectivity index (χ0n) is 13.8. The van der Waals surface area contributed by atoms with Crippen LogP contribution in [0.5, 0.6) is 0 Å². The number of carbonyl (C=O) groups is 1. The fraction of sp³-hybridized carbons (Fsp3) is 0.471. The fourth-order valence-corrected chi connectivity index (χ4v) is 2.73. The van der Waals surface area contributed by atoms with Crippen LogP contribution in [0.25, 0.3) is 0 Å². The van der Waals surface area contributed by atoms with Gasteiger partial charge in [-0.3, -0.25) is 0 Å². The van der Waals surface area contributed by atoms with Crippen LogP contribution >= 0.6 is 0 Å². The van der Waals surface area contributed by atoms with E-state index in [4.69, 9.17) is 9.26 Å². The van der Waals surface area contributed by atoms with Crippen molar-refractivity contribution in [2.45, 2.75) is 25.9 Å². The Morgan fingerprint density at radius 2 is 2.21 bits per heavy atom. The summed E-state index contributed by atoms with van der Waals surface area (Å²) in [6.07, 6.45) is 1.38. The van der Waals surface area contributed by atoms with Gasteiger partial charge in [-0.1, -0.05) is 35.5 Å². The molecule has 7 nitrogen and oxygen atoms in total. The zero-order chi connectivity index (χ0) is 16.8. The summed E-state index contributed by atoms with van der Waals surface area (Å²) in [5.41, 5.74) is 1.22. The van der Waals surface area contributed by atoms with E-state index in [0.717, 1.165) is 6.42 Å². The Balaban J connectivity index is 1.44. The van der Waals surface area contributed by atoms with E-state index >= 15 is 0 Å². The summed E-state index contributed by atoms with van der Waals surface area (Å²) >= 11 is 0. The van der Waals surface area contributed by atoms with Crippen molar-refractivity contribution in [3.63, 3.8) is 0 Å². The first-order valence-corrected chi connectivity index (χ1v) is 8.18. The zero-order valence-corrected chi connectivity index (χ0v) is 13.8. The van der Waals surface area contributed by atoms with Crippen LogP contribution in [-0.2, 0) is 17.6 Å². The lowest BCUT2D eigenvalue weighted by Crippen LogP contribution is -2.50. The van der Waals surface area contributed by atoms with Gasteiger partial charge in [0.15, 0.2) is 5.82 Å². The van der Waals surface area contributed by atoms with Crippen molar-refractivity contribution in [1.82, 2.24) is 20.4 Å². The number of rotatable bonds is 5. The Labute approximate surface area is 141 Å². The van der Waals surface area contributed by atoms with E-state index in [1.165, 1.54) is 5.56 Å². The predicted molar refractivity (Wildman–Crippen MR) is 87.6 cm³/mol. The van der Waals surface area contributed by atoms with E-state index in [2.05, 4.69) is 27.6 Å².